The Balaban J connectivity index is 2.09. The number of aromatic carboxylic acids is 1. The van der Waals surface area contributed by atoms with Gasteiger partial charge in [0.25, 0.3) is 5.82 Å². The SMILES string of the molecule is NC(Cc1ccccc1)c1nc(C(=O)O)no1. The van der Waals surface area contributed by atoms with Gasteiger partial charge in [-0.2, -0.15) is 4.98 Å². The highest BCUT2D eigenvalue weighted by molar-refractivity contribution is 5.82. The molecular weight excluding hydrogens is 222 g/mol. The van der Waals surface area contributed by atoms with Crippen LogP contribution in [0.1, 0.15) is 28.1 Å². The molecule has 0 aliphatic heterocycles. The molecule has 3 N–H and O–H groups in total. The summed E-state index contributed by atoms with van der Waals surface area (Å²) in [5.41, 5.74) is 6.87. The highest BCUT2D eigenvalue weighted by Crippen LogP contribution is 2.14. The van der Waals surface area contributed by atoms with Crippen LogP contribution in [0.15, 0.2) is 34.9 Å². The molecule has 1 aromatic heterocycles. The van der Waals surface area contributed by atoms with Crippen LogP contribution >= 0.6 is 0 Å². The van der Waals surface area contributed by atoms with E-state index in [2.05, 4.69) is 10.1 Å². The van der Waals surface area contributed by atoms with Crippen molar-refractivity contribution in [1.82, 2.24) is 10.1 Å². The lowest BCUT2D eigenvalue weighted by Gasteiger charge is -2.05. The third kappa shape index (κ3) is 2.67. The van der Waals surface area contributed by atoms with Crippen LogP contribution in [-0.2, 0) is 6.42 Å². The van der Waals surface area contributed by atoms with Crippen molar-refractivity contribution in [2.75, 3.05) is 0 Å². The van der Waals surface area contributed by atoms with Gasteiger partial charge < -0.3 is 15.4 Å². The first kappa shape index (κ1) is 11.3. The Kier molecular flexibility index (Phi) is 3.15. The molecule has 1 aromatic carbocycles. The predicted octanol–water partition coefficient (Wildman–Crippen LogP) is 1.01. The van der Waals surface area contributed by atoms with E-state index >= 15 is 0 Å². The Labute approximate surface area is 97.1 Å². The molecule has 0 saturated heterocycles. The molecule has 2 rings (SSSR count). The first-order chi connectivity index (χ1) is 8.16. The summed E-state index contributed by atoms with van der Waals surface area (Å²) in [5, 5.41) is 12.0. The minimum absolute atomic E-state index is 0.131. The van der Waals surface area contributed by atoms with Gasteiger partial charge in [0.15, 0.2) is 0 Å². The zero-order valence-corrected chi connectivity index (χ0v) is 8.91. The summed E-state index contributed by atoms with van der Waals surface area (Å²) in [6.07, 6.45) is 0.516. The van der Waals surface area contributed by atoms with Gasteiger partial charge in [0.2, 0.25) is 5.89 Å². The lowest BCUT2D eigenvalue weighted by atomic mass is 10.1. The third-order valence-electron chi connectivity index (χ3n) is 2.25. The van der Waals surface area contributed by atoms with E-state index in [4.69, 9.17) is 15.4 Å². The molecule has 1 atom stereocenters. The summed E-state index contributed by atoms with van der Waals surface area (Å²) in [6.45, 7) is 0. The standard InChI is InChI=1S/C11H11N3O3/c12-8(6-7-4-2-1-3-5-7)10-13-9(11(15)16)14-17-10/h1-5,8H,6,12H2,(H,15,16). The van der Waals surface area contributed by atoms with Gasteiger partial charge >= 0.3 is 5.97 Å². The molecule has 0 fully saturated rings. The van der Waals surface area contributed by atoms with E-state index in [1.807, 2.05) is 30.3 Å². The van der Waals surface area contributed by atoms with Crippen LogP contribution in [0.25, 0.3) is 0 Å². The molecule has 2 aromatic rings. The lowest BCUT2D eigenvalue weighted by molar-refractivity contribution is 0.0680. The van der Waals surface area contributed by atoms with Crippen LogP contribution in [0, 0.1) is 0 Å². The fraction of sp³-hybridized carbons (Fsp3) is 0.182. The molecule has 6 nitrogen and oxygen atoms in total. The van der Waals surface area contributed by atoms with Crippen molar-refractivity contribution in [2.45, 2.75) is 12.5 Å². The van der Waals surface area contributed by atoms with Crippen LogP contribution in [-0.4, -0.2) is 21.2 Å². The number of hydrogen-bond donors (Lipinski definition) is 2. The second-order valence-corrected chi connectivity index (χ2v) is 3.56. The second-order valence-electron chi connectivity index (χ2n) is 3.56. The monoisotopic (exact) mass is 233 g/mol. The summed E-state index contributed by atoms with van der Waals surface area (Å²) in [5.74, 6) is -1.47. The van der Waals surface area contributed by atoms with E-state index in [0.717, 1.165) is 5.56 Å². The van der Waals surface area contributed by atoms with Crippen molar-refractivity contribution in [2.24, 2.45) is 5.73 Å². The minimum atomic E-state index is -1.23. The molecule has 0 saturated carbocycles. The summed E-state index contributed by atoms with van der Waals surface area (Å²) in [6, 6.07) is 9.06. The number of benzene rings is 1. The van der Waals surface area contributed by atoms with Gasteiger partial charge in [0, 0.05) is 0 Å². The number of carboxylic acids is 1. The number of nitrogens with zero attached hydrogens (tertiary/aromatic N) is 2. The summed E-state index contributed by atoms with van der Waals surface area (Å²) < 4.78 is 4.79. The Bertz CT molecular complexity index is 510. The molecular formula is C11H11N3O3. The average Bonchev–Trinajstić information content (AvgIpc) is 2.79. The van der Waals surface area contributed by atoms with Crippen LogP contribution in [0.4, 0.5) is 0 Å². The number of aromatic nitrogens is 2. The van der Waals surface area contributed by atoms with Gasteiger partial charge in [-0.3, -0.25) is 0 Å². The van der Waals surface area contributed by atoms with Gasteiger partial charge in [-0.1, -0.05) is 30.3 Å². The van der Waals surface area contributed by atoms with Gasteiger partial charge in [-0.15, -0.1) is 0 Å². The molecule has 17 heavy (non-hydrogen) atoms. The predicted molar refractivity (Wildman–Crippen MR) is 58.3 cm³/mol. The minimum Gasteiger partial charge on any atom is -0.475 e. The summed E-state index contributed by atoms with van der Waals surface area (Å²) in [7, 11) is 0. The fourth-order valence-electron chi connectivity index (χ4n) is 1.43. The molecule has 1 unspecified atom stereocenters. The van der Waals surface area contributed by atoms with Crippen molar-refractivity contribution in [3.8, 4) is 0 Å². The van der Waals surface area contributed by atoms with Crippen LogP contribution in [0.5, 0.6) is 0 Å². The number of carbonyl (C=O) groups is 1. The molecule has 0 aliphatic carbocycles. The highest BCUT2D eigenvalue weighted by atomic mass is 16.5. The Morgan fingerprint density at radius 2 is 2.12 bits per heavy atom. The second kappa shape index (κ2) is 4.75. The van der Waals surface area contributed by atoms with Crippen molar-refractivity contribution >= 4 is 5.97 Å². The van der Waals surface area contributed by atoms with E-state index in [1.165, 1.54) is 0 Å². The first-order valence-electron chi connectivity index (χ1n) is 5.03. The molecule has 0 aliphatic rings. The molecule has 6 heteroatoms. The Morgan fingerprint density at radius 1 is 1.41 bits per heavy atom. The zero-order valence-electron chi connectivity index (χ0n) is 8.91. The van der Waals surface area contributed by atoms with Crippen molar-refractivity contribution < 1.29 is 14.4 Å². The maximum Gasteiger partial charge on any atom is 0.377 e. The summed E-state index contributed by atoms with van der Waals surface area (Å²) >= 11 is 0. The lowest BCUT2D eigenvalue weighted by Crippen LogP contribution is -2.14. The third-order valence-corrected chi connectivity index (χ3v) is 2.25. The Morgan fingerprint density at radius 3 is 2.71 bits per heavy atom. The van der Waals surface area contributed by atoms with Crippen molar-refractivity contribution in [1.29, 1.82) is 0 Å². The molecule has 88 valence electrons. The number of carboxylic acid groups (broad SMARTS) is 1. The van der Waals surface area contributed by atoms with Crippen LogP contribution in [0.2, 0.25) is 0 Å². The highest BCUT2D eigenvalue weighted by Gasteiger charge is 2.18. The molecule has 1 heterocycles. The summed E-state index contributed by atoms with van der Waals surface area (Å²) in [4.78, 5) is 14.3. The topological polar surface area (TPSA) is 102 Å². The smallest absolute Gasteiger partial charge is 0.377 e. The first-order valence-corrected chi connectivity index (χ1v) is 5.03. The molecule has 0 bridgehead atoms. The largest absolute Gasteiger partial charge is 0.475 e. The van der Waals surface area contributed by atoms with E-state index < -0.39 is 12.0 Å². The van der Waals surface area contributed by atoms with Crippen LogP contribution < -0.4 is 5.73 Å². The molecule has 0 amide bonds. The normalized spacial score (nSPS) is 12.3. The number of rotatable bonds is 4. The Hall–Kier alpha value is -2.21. The average molecular weight is 233 g/mol. The van der Waals surface area contributed by atoms with E-state index in [0.29, 0.717) is 6.42 Å². The van der Waals surface area contributed by atoms with Crippen molar-refractivity contribution in [3.05, 3.63) is 47.6 Å². The van der Waals surface area contributed by atoms with E-state index in [9.17, 15) is 4.79 Å². The van der Waals surface area contributed by atoms with Gasteiger partial charge in [-0.05, 0) is 17.1 Å². The van der Waals surface area contributed by atoms with Crippen molar-refractivity contribution in [3.63, 3.8) is 0 Å². The van der Waals surface area contributed by atoms with Gasteiger partial charge in [0.05, 0.1) is 6.04 Å². The molecule has 0 spiro atoms. The maximum absolute atomic E-state index is 10.6. The van der Waals surface area contributed by atoms with Gasteiger partial charge in [-0.25, -0.2) is 4.79 Å². The number of nitrogens with two attached hydrogens (primary N) is 1. The molecule has 0 radical (unpaired) electrons. The van der Waals surface area contributed by atoms with Crippen LogP contribution in [0.3, 0.4) is 0 Å². The number of hydrogen-bond acceptors (Lipinski definition) is 5. The quantitative estimate of drug-likeness (QED) is 0.817. The van der Waals surface area contributed by atoms with E-state index in [-0.39, 0.29) is 11.7 Å². The zero-order chi connectivity index (χ0) is 12.3. The van der Waals surface area contributed by atoms with E-state index in [1.54, 1.807) is 0 Å². The maximum atomic E-state index is 10.6. The fourth-order valence-corrected chi connectivity index (χ4v) is 1.43. The van der Waals surface area contributed by atoms with Gasteiger partial charge in [0.1, 0.15) is 0 Å².